The van der Waals surface area contributed by atoms with Crippen molar-refractivity contribution >= 4 is 18.7 Å². The molecule has 9 nitrogen and oxygen atoms in total. The number of nitrogens with one attached hydrogen (secondary N) is 2. The molecule has 4 rings (SSSR count). The van der Waals surface area contributed by atoms with E-state index < -0.39 is 6.10 Å². The van der Waals surface area contributed by atoms with Gasteiger partial charge in [0.2, 0.25) is 5.88 Å². The molecule has 3 heterocycles. The van der Waals surface area contributed by atoms with Gasteiger partial charge in [-0.1, -0.05) is 30.3 Å². The smallest absolute Gasteiger partial charge is 0.409 e. The third-order valence-electron chi connectivity index (χ3n) is 7.42. The number of benzene rings is 1. The van der Waals surface area contributed by atoms with E-state index in [0.717, 1.165) is 12.8 Å². The molecule has 2 bridgehead atoms. The maximum absolute atomic E-state index is 12.8. The van der Waals surface area contributed by atoms with E-state index >= 15 is 0 Å². The Balaban J connectivity index is 1.30. The molecule has 9 heteroatoms. The second-order valence-corrected chi connectivity index (χ2v) is 9.60. The second-order valence-electron chi connectivity index (χ2n) is 9.60. The number of ether oxygens (including phenoxy) is 2. The first-order valence-corrected chi connectivity index (χ1v) is 12.6. The molecule has 3 N–H and O–H groups in total. The molecule has 0 aliphatic carbocycles. The topological polar surface area (TPSA) is 112 Å². The van der Waals surface area contributed by atoms with E-state index in [1.165, 1.54) is 18.2 Å². The summed E-state index contributed by atoms with van der Waals surface area (Å²) in [4.78, 5) is 30.7. The lowest BCUT2D eigenvalue weighted by atomic mass is 9.93. The van der Waals surface area contributed by atoms with Gasteiger partial charge in [0.15, 0.2) is 0 Å². The van der Waals surface area contributed by atoms with Crippen molar-refractivity contribution in [2.24, 2.45) is 4.99 Å². The average Bonchev–Trinajstić information content (AvgIpc) is 3.18. The number of methoxy groups -OCH3 is 1. The normalized spacial score (nSPS) is 26.6. The Morgan fingerprint density at radius 2 is 1.97 bits per heavy atom. The number of piperidine rings is 1. The third kappa shape index (κ3) is 5.79. The number of aliphatic hydroxyl groups excluding tert-OH is 1. The zero-order valence-corrected chi connectivity index (χ0v) is 21.0. The van der Waals surface area contributed by atoms with E-state index in [-0.39, 0.29) is 48.7 Å². The Morgan fingerprint density at radius 3 is 2.61 bits per heavy atom. The van der Waals surface area contributed by atoms with Crippen LogP contribution in [0.5, 0.6) is 0 Å². The van der Waals surface area contributed by atoms with Gasteiger partial charge in [-0.3, -0.25) is 4.79 Å². The van der Waals surface area contributed by atoms with Gasteiger partial charge < -0.3 is 30.1 Å². The highest BCUT2D eigenvalue weighted by atomic mass is 16.5. The summed E-state index contributed by atoms with van der Waals surface area (Å²) in [6, 6.07) is 8.20. The molecule has 1 aromatic carbocycles. The van der Waals surface area contributed by atoms with Gasteiger partial charge in [0.25, 0.3) is 5.91 Å². The minimum Gasteiger partial charge on any atom is -0.474 e. The van der Waals surface area contributed by atoms with Crippen LogP contribution in [0.25, 0.3) is 0 Å². The van der Waals surface area contributed by atoms with Gasteiger partial charge in [-0.2, -0.15) is 0 Å². The van der Waals surface area contributed by atoms with Crippen LogP contribution in [0.1, 0.15) is 43.7 Å². The van der Waals surface area contributed by atoms with Gasteiger partial charge in [0.1, 0.15) is 6.10 Å². The van der Waals surface area contributed by atoms with Crippen molar-refractivity contribution in [3.8, 4) is 0 Å². The molecule has 0 saturated carbocycles. The lowest BCUT2D eigenvalue weighted by Gasteiger charge is -2.37. The molecule has 36 heavy (non-hydrogen) atoms. The number of hydrogen-bond donors (Lipinski definition) is 3. The van der Waals surface area contributed by atoms with Crippen molar-refractivity contribution in [1.82, 2.24) is 15.5 Å². The van der Waals surface area contributed by atoms with Gasteiger partial charge in [0.05, 0.1) is 13.2 Å². The molecular weight excluding hydrogens is 460 g/mol. The molecule has 0 aromatic heterocycles. The van der Waals surface area contributed by atoms with E-state index in [4.69, 9.17) is 9.47 Å². The maximum atomic E-state index is 12.8. The predicted molar refractivity (Wildman–Crippen MR) is 136 cm³/mol. The fraction of sp³-hybridized carbons (Fsp3) is 0.519. The Labute approximate surface area is 212 Å². The molecule has 2 saturated heterocycles. The molecule has 1 aromatic rings. The number of aliphatic imine (C=N–C) groups is 1. The van der Waals surface area contributed by atoms with Crippen molar-refractivity contribution in [3.63, 3.8) is 0 Å². The zero-order valence-electron chi connectivity index (χ0n) is 21.0. The minimum absolute atomic E-state index is 0.0820. The minimum atomic E-state index is -0.729. The summed E-state index contributed by atoms with van der Waals surface area (Å²) in [5, 5.41) is 16.8. The van der Waals surface area contributed by atoms with Crippen LogP contribution >= 0.6 is 0 Å². The Morgan fingerprint density at radius 1 is 1.28 bits per heavy atom. The van der Waals surface area contributed by atoms with Gasteiger partial charge >= 0.3 is 6.09 Å². The first-order valence-electron chi connectivity index (χ1n) is 12.6. The van der Waals surface area contributed by atoms with Crippen LogP contribution < -0.4 is 10.6 Å². The monoisotopic (exact) mass is 496 g/mol. The number of aliphatic hydroxyl groups is 1. The van der Waals surface area contributed by atoms with Crippen molar-refractivity contribution in [3.05, 3.63) is 59.0 Å². The van der Waals surface area contributed by atoms with Crippen LogP contribution in [-0.4, -0.2) is 72.7 Å². The standard InChI is InChI=1S/C27H36N4O5/c1-4-17(26(33)30-16-24(32)23-11-18-7-5-6-8-19(18)15-29-23)12-25(28-2)36-22-13-20-9-10-21(14-22)31(20)27(34)35-3/h4-8,12,20-24,29,32H,2,9-11,13-16H2,1,3H3,(H,30,33)/b17-4+,25-12+/t20?,21?,22?,23-,24+/m0/s1. The van der Waals surface area contributed by atoms with Crippen LogP contribution in [0.2, 0.25) is 0 Å². The molecule has 194 valence electrons. The quantitative estimate of drug-likeness (QED) is 0.221. The molecule has 0 spiro atoms. The number of carbonyl (C=O) groups is 2. The van der Waals surface area contributed by atoms with Gasteiger partial charge in [0, 0.05) is 55.7 Å². The number of amides is 2. The van der Waals surface area contributed by atoms with E-state index in [0.29, 0.717) is 31.4 Å². The molecule has 3 aliphatic rings. The summed E-state index contributed by atoms with van der Waals surface area (Å²) < 4.78 is 11.0. The Bertz CT molecular complexity index is 1020. The van der Waals surface area contributed by atoms with E-state index in [2.05, 4.69) is 34.5 Å². The van der Waals surface area contributed by atoms with Gasteiger partial charge in [-0.15, -0.1) is 0 Å². The zero-order chi connectivity index (χ0) is 25.7. The van der Waals surface area contributed by atoms with Gasteiger partial charge in [-0.05, 0) is 44.0 Å². The number of allylic oxidation sites excluding steroid dienone is 1. The molecule has 3 aliphatic heterocycles. The highest BCUT2D eigenvalue weighted by molar-refractivity contribution is 5.96. The van der Waals surface area contributed by atoms with Crippen LogP contribution in [0.3, 0.4) is 0 Å². The Hall–Kier alpha value is -3.17. The van der Waals surface area contributed by atoms with Crippen molar-refractivity contribution in [1.29, 1.82) is 0 Å². The van der Waals surface area contributed by atoms with Crippen molar-refractivity contribution in [2.45, 2.75) is 75.9 Å². The highest BCUT2D eigenvalue weighted by Crippen LogP contribution is 2.38. The number of carbonyl (C=O) groups excluding carboxylic acids is 2. The van der Waals surface area contributed by atoms with Crippen LogP contribution in [0, 0.1) is 0 Å². The predicted octanol–water partition coefficient (Wildman–Crippen LogP) is 2.44. The third-order valence-corrected chi connectivity index (χ3v) is 7.42. The summed E-state index contributed by atoms with van der Waals surface area (Å²) in [6.07, 6.45) is 6.02. The van der Waals surface area contributed by atoms with Crippen LogP contribution in [0.4, 0.5) is 4.79 Å². The summed E-state index contributed by atoms with van der Waals surface area (Å²) >= 11 is 0. The number of rotatable bonds is 8. The largest absolute Gasteiger partial charge is 0.474 e. The first-order chi connectivity index (χ1) is 17.4. The SMILES string of the molecule is C=N/C(=C\C(=C/C)C(=O)NC[C@@H](O)[C@@H]1Cc2ccccc2CN1)OC1CC2CCC(C1)N2C(=O)OC. The average molecular weight is 497 g/mol. The number of hydrogen-bond acceptors (Lipinski definition) is 7. The number of nitrogens with zero attached hydrogens (tertiary/aromatic N) is 2. The summed E-state index contributed by atoms with van der Waals surface area (Å²) in [7, 11) is 1.40. The highest BCUT2D eigenvalue weighted by Gasteiger charge is 2.44. The second kappa shape index (κ2) is 11.7. The van der Waals surface area contributed by atoms with Crippen LogP contribution in [0.15, 0.2) is 52.9 Å². The van der Waals surface area contributed by atoms with Gasteiger partial charge in [-0.25, -0.2) is 9.79 Å². The lowest BCUT2D eigenvalue weighted by molar-refractivity contribution is -0.117. The molecule has 2 unspecified atom stereocenters. The van der Waals surface area contributed by atoms with Crippen LogP contribution in [-0.2, 0) is 27.2 Å². The molecule has 2 fully saturated rings. The fourth-order valence-electron chi connectivity index (χ4n) is 5.52. The summed E-state index contributed by atoms with van der Waals surface area (Å²) in [6.45, 7) is 6.18. The molecular formula is C27H36N4O5. The maximum Gasteiger partial charge on any atom is 0.409 e. The Kier molecular flexibility index (Phi) is 8.43. The summed E-state index contributed by atoms with van der Waals surface area (Å²) in [5.41, 5.74) is 2.83. The molecule has 0 radical (unpaired) electrons. The fourth-order valence-corrected chi connectivity index (χ4v) is 5.52. The lowest BCUT2D eigenvalue weighted by Crippen LogP contribution is -2.49. The van der Waals surface area contributed by atoms with Crippen molar-refractivity contribution < 1.29 is 24.2 Å². The molecule has 4 atom stereocenters. The van der Waals surface area contributed by atoms with E-state index in [9.17, 15) is 14.7 Å². The first kappa shape index (κ1) is 25.9. The van der Waals surface area contributed by atoms with E-state index in [1.807, 2.05) is 17.0 Å². The summed E-state index contributed by atoms with van der Waals surface area (Å²) in [5.74, 6) is -0.0571. The molecule has 2 amide bonds. The van der Waals surface area contributed by atoms with Crippen molar-refractivity contribution in [2.75, 3.05) is 13.7 Å². The number of fused-ring (bicyclic) bond motifs is 3. The van der Waals surface area contributed by atoms with E-state index in [1.54, 1.807) is 19.1 Å².